The minimum Gasteiger partial charge on any atom is -0.462 e. The van der Waals surface area contributed by atoms with Gasteiger partial charge in [-0.1, -0.05) is 304 Å². The minimum atomic E-state index is -0.761. The smallest absolute Gasteiger partial charge is 0.306 e. The monoisotopic (exact) mass is 933 g/mol. The van der Waals surface area contributed by atoms with Crippen molar-refractivity contribution in [3.8, 4) is 0 Å². The molecule has 0 fully saturated rings. The molecule has 0 aliphatic rings. The van der Waals surface area contributed by atoms with E-state index < -0.39 is 6.10 Å². The van der Waals surface area contributed by atoms with Crippen LogP contribution in [-0.2, 0) is 28.6 Å². The van der Waals surface area contributed by atoms with Crippen molar-refractivity contribution >= 4 is 17.9 Å². The van der Waals surface area contributed by atoms with Crippen LogP contribution in [0.2, 0.25) is 0 Å². The van der Waals surface area contributed by atoms with Crippen molar-refractivity contribution in [1.82, 2.24) is 0 Å². The Labute approximate surface area is 412 Å². The van der Waals surface area contributed by atoms with Crippen LogP contribution in [0.3, 0.4) is 0 Å². The maximum atomic E-state index is 12.8. The maximum absolute atomic E-state index is 12.8. The number of carbonyl (C=O) groups is 3. The maximum Gasteiger partial charge on any atom is 0.306 e. The normalized spacial score (nSPS) is 12.4. The predicted octanol–water partition coefficient (Wildman–Crippen LogP) is 19.8. The lowest BCUT2D eigenvalue weighted by Gasteiger charge is -2.18. The quantitative estimate of drug-likeness (QED) is 0.0343. The summed E-state index contributed by atoms with van der Waals surface area (Å²) in [6.07, 6.45) is 59.5. The molecule has 0 saturated heterocycles. The molecule has 6 nitrogen and oxygen atoms in total. The third-order valence-electron chi connectivity index (χ3n) is 14.2. The van der Waals surface area contributed by atoms with E-state index in [1.54, 1.807) is 0 Å². The van der Waals surface area contributed by atoms with Crippen molar-refractivity contribution in [3.63, 3.8) is 0 Å². The first-order chi connectivity index (χ1) is 32.4. The van der Waals surface area contributed by atoms with Gasteiger partial charge in [0.15, 0.2) is 6.10 Å². The van der Waals surface area contributed by atoms with Crippen molar-refractivity contribution in [3.05, 3.63) is 0 Å². The Kier molecular flexibility index (Phi) is 53.0. The zero-order valence-electron chi connectivity index (χ0n) is 45.2. The molecular formula is C60H116O6. The molecule has 0 aromatic carbocycles. The molecule has 0 rings (SSSR count). The summed E-state index contributed by atoms with van der Waals surface area (Å²) < 4.78 is 16.9. The number of unbranched alkanes of at least 4 members (excludes halogenated alkanes) is 41. The van der Waals surface area contributed by atoms with Crippen LogP contribution in [-0.4, -0.2) is 37.2 Å². The summed E-state index contributed by atoms with van der Waals surface area (Å²) >= 11 is 0. The topological polar surface area (TPSA) is 78.9 Å². The molecule has 0 bridgehead atoms. The summed E-state index contributed by atoms with van der Waals surface area (Å²) in [4.78, 5) is 38.1. The molecule has 392 valence electrons. The number of hydrogen-bond acceptors (Lipinski definition) is 6. The Bertz CT molecular complexity index is 998. The average molecular weight is 934 g/mol. The molecule has 0 aromatic rings. The molecule has 6 heteroatoms. The highest BCUT2D eigenvalue weighted by atomic mass is 16.6. The molecule has 1 unspecified atom stereocenters. The van der Waals surface area contributed by atoms with Gasteiger partial charge in [0.2, 0.25) is 0 Å². The Morgan fingerprint density at radius 3 is 0.788 bits per heavy atom. The van der Waals surface area contributed by atoms with Gasteiger partial charge in [0, 0.05) is 19.3 Å². The fourth-order valence-corrected chi connectivity index (χ4v) is 9.25. The first-order valence-electron chi connectivity index (χ1n) is 29.9. The summed E-state index contributed by atoms with van der Waals surface area (Å²) in [5.41, 5.74) is 0. The van der Waals surface area contributed by atoms with Crippen molar-refractivity contribution in [2.45, 2.75) is 348 Å². The van der Waals surface area contributed by atoms with Crippen LogP contribution in [0.15, 0.2) is 0 Å². The second-order valence-corrected chi connectivity index (χ2v) is 20.9. The number of esters is 3. The van der Waals surface area contributed by atoms with Gasteiger partial charge in [0.05, 0.1) is 0 Å². The highest BCUT2D eigenvalue weighted by molar-refractivity contribution is 5.71. The summed E-state index contributed by atoms with van der Waals surface area (Å²) in [6.45, 7) is 9.11. The zero-order chi connectivity index (χ0) is 48.1. The van der Waals surface area contributed by atoms with Crippen LogP contribution < -0.4 is 0 Å². The fraction of sp³-hybridized carbons (Fsp3) is 0.950. The number of hydrogen-bond donors (Lipinski definition) is 0. The lowest BCUT2D eigenvalue weighted by molar-refractivity contribution is -0.167. The van der Waals surface area contributed by atoms with Crippen molar-refractivity contribution in [2.75, 3.05) is 13.2 Å². The molecule has 0 aliphatic heterocycles. The largest absolute Gasteiger partial charge is 0.462 e. The number of rotatable bonds is 55. The third kappa shape index (κ3) is 51.8. The molecule has 0 N–H and O–H groups in total. The van der Waals surface area contributed by atoms with Crippen LogP contribution in [0.25, 0.3) is 0 Å². The van der Waals surface area contributed by atoms with E-state index in [1.165, 1.54) is 238 Å². The standard InChI is InChI=1S/C60H116O6/c1-5-8-10-12-14-16-18-20-28-32-35-39-43-47-51-58(61)64-54-57(66-60(63)53-49-45-41-37-31-19-17-15-13-11-9-6-2)55-65-59(62)52-48-44-40-36-33-29-26-24-22-21-23-25-27-30-34-38-42-46-50-56(4)7-3/h56-57H,5-55H2,1-4H3/t56?,57-/m1/s1. The zero-order valence-corrected chi connectivity index (χ0v) is 45.2. The second-order valence-electron chi connectivity index (χ2n) is 20.9. The predicted molar refractivity (Wildman–Crippen MR) is 284 cm³/mol. The molecule has 0 aliphatic carbocycles. The van der Waals surface area contributed by atoms with Gasteiger partial charge in [-0.15, -0.1) is 0 Å². The highest BCUT2D eigenvalue weighted by Crippen LogP contribution is 2.19. The molecule has 0 radical (unpaired) electrons. The molecule has 0 amide bonds. The third-order valence-corrected chi connectivity index (χ3v) is 14.2. The number of ether oxygens (including phenoxy) is 3. The Balaban J connectivity index is 4.20. The minimum absolute atomic E-state index is 0.0616. The van der Waals surface area contributed by atoms with Gasteiger partial charge >= 0.3 is 17.9 Å². The van der Waals surface area contributed by atoms with Gasteiger partial charge in [0.25, 0.3) is 0 Å². The van der Waals surface area contributed by atoms with E-state index in [0.29, 0.717) is 19.3 Å². The van der Waals surface area contributed by atoms with Crippen LogP contribution in [0.4, 0.5) is 0 Å². The van der Waals surface area contributed by atoms with Gasteiger partial charge in [-0.25, -0.2) is 0 Å². The van der Waals surface area contributed by atoms with Gasteiger partial charge in [-0.2, -0.15) is 0 Å². The molecular weight excluding hydrogens is 817 g/mol. The molecule has 0 heterocycles. The lowest BCUT2D eigenvalue weighted by Crippen LogP contribution is -2.30. The SMILES string of the molecule is CCCCCCCCCCCCCCCCC(=O)OC[C@H](COC(=O)CCCCCCCCCCCCCCCCCCCCC(C)CC)OC(=O)CCCCCCCCCCCCCC. The molecule has 0 saturated carbocycles. The molecule has 66 heavy (non-hydrogen) atoms. The highest BCUT2D eigenvalue weighted by Gasteiger charge is 2.19. The van der Waals surface area contributed by atoms with Crippen LogP contribution in [0.1, 0.15) is 342 Å². The van der Waals surface area contributed by atoms with Gasteiger partial charge in [0.1, 0.15) is 13.2 Å². The lowest BCUT2D eigenvalue weighted by atomic mass is 9.99. The molecule has 0 aromatic heterocycles. The summed E-state index contributed by atoms with van der Waals surface area (Å²) in [6, 6.07) is 0. The second kappa shape index (κ2) is 54.4. The first-order valence-corrected chi connectivity index (χ1v) is 29.9. The Morgan fingerprint density at radius 1 is 0.303 bits per heavy atom. The van der Waals surface area contributed by atoms with Gasteiger partial charge in [-0.05, 0) is 25.2 Å². The summed E-state index contributed by atoms with van der Waals surface area (Å²) in [5.74, 6) is 0.0763. The van der Waals surface area contributed by atoms with E-state index in [4.69, 9.17) is 14.2 Å². The summed E-state index contributed by atoms with van der Waals surface area (Å²) in [5, 5.41) is 0. The number of carbonyl (C=O) groups excluding carboxylic acids is 3. The van der Waals surface area contributed by atoms with E-state index in [1.807, 2.05) is 0 Å². The van der Waals surface area contributed by atoms with Gasteiger partial charge < -0.3 is 14.2 Å². The average Bonchev–Trinajstić information content (AvgIpc) is 3.32. The first kappa shape index (κ1) is 64.4. The van der Waals surface area contributed by atoms with Crippen molar-refractivity contribution in [2.24, 2.45) is 5.92 Å². The van der Waals surface area contributed by atoms with E-state index in [2.05, 4.69) is 27.7 Å². The van der Waals surface area contributed by atoms with Crippen LogP contribution in [0, 0.1) is 5.92 Å². The Morgan fingerprint density at radius 2 is 0.530 bits per heavy atom. The van der Waals surface area contributed by atoms with Crippen molar-refractivity contribution < 1.29 is 28.6 Å². The molecule has 0 spiro atoms. The van der Waals surface area contributed by atoms with Crippen molar-refractivity contribution in [1.29, 1.82) is 0 Å². The van der Waals surface area contributed by atoms with Gasteiger partial charge in [-0.3, -0.25) is 14.4 Å². The van der Waals surface area contributed by atoms with E-state index in [0.717, 1.165) is 63.7 Å². The van der Waals surface area contributed by atoms with E-state index in [-0.39, 0.29) is 31.1 Å². The summed E-state index contributed by atoms with van der Waals surface area (Å²) in [7, 11) is 0. The fourth-order valence-electron chi connectivity index (χ4n) is 9.25. The van der Waals surface area contributed by atoms with Crippen LogP contribution in [0.5, 0.6) is 0 Å². The van der Waals surface area contributed by atoms with E-state index in [9.17, 15) is 14.4 Å². The van der Waals surface area contributed by atoms with Crippen LogP contribution >= 0.6 is 0 Å². The van der Waals surface area contributed by atoms with E-state index >= 15 is 0 Å². The Hall–Kier alpha value is -1.59. The molecule has 2 atom stereocenters.